The molecule has 2 heterocycles. The molecule has 19 heavy (non-hydrogen) atoms. The molecule has 0 saturated carbocycles. The molecule has 0 amide bonds. The maximum absolute atomic E-state index is 11.0. The van der Waals surface area contributed by atoms with Crippen LogP contribution in [0.15, 0.2) is 11.2 Å². The first kappa shape index (κ1) is 13.6. The molecule has 0 bridgehead atoms. The SMILES string of the molecule is C=N[C@@H]1CC[C@@H](c2c([N+](=O)[O-])cnn2C)OC[C@@H]1O. The van der Waals surface area contributed by atoms with Crippen LogP contribution in [0.5, 0.6) is 0 Å². The van der Waals surface area contributed by atoms with Crippen LogP contribution < -0.4 is 0 Å². The monoisotopic (exact) mass is 268 g/mol. The van der Waals surface area contributed by atoms with E-state index >= 15 is 0 Å². The predicted molar refractivity (Wildman–Crippen MR) is 67.1 cm³/mol. The van der Waals surface area contributed by atoms with Crippen LogP contribution in [0, 0.1) is 10.1 Å². The summed E-state index contributed by atoms with van der Waals surface area (Å²) < 4.78 is 7.00. The summed E-state index contributed by atoms with van der Waals surface area (Å²) in [5.74, 6) is 0. The lowest BCUT2D eigenvalue weighted by Gasteiger charge is -2.15. The second kappa shape index (κ2) is 5.45. The fourth-order valence-corrected chi connectivity index (χ4v) is 2.30. The van der Waals surface area contributed by atoms with Crippen LogP contribution in [0.2, 0.25) is 0 Å². The molecule has 2 rings (SSSR count). The molecule has 1 N–H and O–H groups in total. The molecule has 0 radical (unpaired) electrons. The molecular formula is C11H16N4O4. The quantitative estimate of drug-likeness (QED) is 0.491. The first-order valence-electron chi connectivity index (χ1n) is 5.96. The minimum Gasteiger partial charge on any atom is -0.388 e. The van der Waals surface area contributed by atoms with Gasteiger partial charge in [-0.15, -0.1) is 0 Å². The van der Waals surface area contributed by atoms with E-state index in [4.69, 9.17) is 4.74 Å². The summed E-state index contributed by atoms with van der Waals surface area (Å²) in [5, 5.41) is 24.7. The third-order valence-electron chi connectivity index (χ3n) is 3.34. The number of aliphatic hydroxyl groups is 1. The van der Waals surface area contributed by atoms with Crippen LogP contribution in [0.25, 0.3) is 0 Å². The Balaban J connectivity index is 2.25. The van der Waals surface area contributed by atoms with Crippen molar-refractivity contribution in [2.45, 2.75) is 31.1 Å². The molecule has 1 aromatic heterocycles. The Morgan fingerprint density at radius 1 is 1.68 bits per heavy atom. The number of ether oxygens (including phenoxy) is 1. The van der Waals surface area contributed by atoms with Crippen LogP contribution in [-0.2, 0) is 11.8 Å². The van der Waals surface area contributed by atoms with Gasteiger partial charge in [-0.3, -0.25) is 19.8 Å². The normalized spacial score (nSPS) is 27.8. The van der Waals surface area contributed by atoms with Crippen molar-refractivity contribution in [2.24, 2.45) is 12.0 Å². The fourth-order valence-electron chi connectivity index (χ4n) is 2.30. The largest absolute Gasteiger partial charge is 0.388 e. The summed E-state index contributed by atoms with van der Waals surface area (Å²) in [4.78, 5) is 14.3. The van der Waals surface area contributed by atoms with Crippen molar-refractivity contribution >= 4 is 12.4 Å². The van der Waals surface area contributed by atoms with Crippen LogP contribution >= 0.6 is 0 Å². The molecule has 0 spiro atoms. The van der Waals surface area contributed by atoms with Crippen LogP contribution in [0.4, 0.5) is 5.69 Å². The molecule has 8 nitrogen and oxygen atoms in total. The van der Waals surface area contributed by atoms with Crippen molar-refractivity contribution in [3.8, 4) is 0 Å². The van der Waals surface area contributed by atoms with E-state index in [1.165, 1.54) is 10.9 Å². The maximum atomic E-state index is 11.0. The van der Waals surface area contributed by atoms with Gasteiger partial charge in [0.1, 0.15) is 18.0 Å². The number of aromatic nitrogens is 2. The predicted octanol–water partition coefficient (Wildman–Crippen LogP) is 0.610. The number of nitro groups is 1. The smallest absolute Gasteiger partial charge is 0.312 e. The Morgan fingerprint density at radius 3 is 3.05 bits per heavy atom. The summed E-state index contributed by atoms with van der Waals surface area (Å²) in [6.07, 6.45) is 1.12. The molecule has 0 aliphatic carbocycles. The van der Waals surface area contributed by atoms with Gasteiger partial charge >= 0.3 is 5.69 Å². The highest BCUT2D eigenvalue weighted by atomic mass is 16.6. The van der Waals surface area contributed by atoms with Crippen LogP contribution in [0.1, 0.15) is 24.6 Å². The van der Waals surface area contributed by atoms with Gasteiger partial charge in [-0.2, -0.15) is 5.10 Å². The molecule has 8 heteroatoms. The number of rotatable bonds is 3. The van der Waals surface area contributed by atoms with Crippen LogP contribution in [0.3, 0.4) is 0 Å². The van der Waals surface area contributed by atoms with Gasteiger partial charge in [0, 0.05) is 7.05 Å². The summed E-state index contributed by atoms with van der Waals surface area (Å²) in [6.45, 7) is 3.52. The third-order valence-corrected chi connectivity index (χ3v) is 3.34. The van der Waals surface area contributed by atoms with Gasteiger partial charge in [-0.25, -0.2) is 0 Å². The molecular weight excluding hydrogens is 252 g/mol. The van der Waals surface area contributed by atoms with E-state index in [0.717, 1.165) is 0 Å². The van der Waals surface area contributed by atoms with Crippen molar-refractivity contribution in [3.05, 3.63) is 22.0 Å². The Kier molecular flexibility index (Phi) is 3.91. The number of hydrogen-bond acceptors (Lipinski definition) is 6. The average Bonchev–Trinajstić information content (AvgIpc) is 2.65. The first-order chi connectivity index (χ1) is 9.04. The van der Waals surface area contributed by atoms with Crippen molar-refractivity contribution in [2.75, 3.05) is 6.61 Å². The molecule has 3 atom stereocenters. The lowest BCUT2D eigenvalue weighted by atomic mass is 10.0. The maximum Gasteiger partial charge on any atom is 0.312 e. The molecule has 1 saturated heterocycles. The zero-order valence-corrected chi connectivity index (χ0v) is 10.6. The molecule has 0 unspecified atom stereocenters. The van der Waals surface area contributed by atoms with E-state index in [1.54, 1.807) is 7.05 Å². The summed E-state index contributed by atoms with van der Waals surface area (Å²) in [5.41, 5.74) is 0.355. The Bertz CT molecular complexity index is 487. The molecule has 104 valence electrons. The molecule has 1 aromatic rings. The highest BCUT2D eigenvalue weighted by Crippen LogP contribution is 2.33. The number of aliphatic imine (C=N–C) groups is 1. The Labute approximate surface area is 109 Å². The van der Waals surface area contributed by atoms with Gasteiger partial charge < -0.3 is 9.84 Å². The summed E-state index contributed by atoms with van der Waals surface area (Å²) in [7, 11) is 1.64. The second-order valence-electron chi connectivity index (χ2n) is 4.51. The zero-order valence-electron chi connectivity index (χ0n) is 10.6. The minimum atomic E-state index is -0.727. The van der Waals surface area contributed by atoms with E-state index in [9.17, 15) is 15.2 Å². The van der Waals surface area contributed by atoms with Crippen molar-refractivity contribution in [1.82, 2.24) is 9.78 Å². The van der Waals surface area contributed by atoms with Crippen molar-refractivity contribution < 1.29 is 14.8 Å². The second-order valence-corrected chi connectivity index (χ2v) is 4.51. The van der Waals surface area contributed by atoms with Gasteiger partial charge in [0.25, 0.3) is 0 Å². The summed E-state index contributed by atoms with van der Waals surface area (Å²) >= 11 is 0. The van der Waals surface area contributed by atoms with Gasteiger partial charge in [0.2, 0.25) is 0 Å². The van der Waals surface area contributed by atoms with Crippen molar-refractivity contribution in [1.29, 1.82) is 0 Å². The van der Waals surface area contributed by atoms with Gasteiger partial charge in [0.05, 0.1) is 23.7 Å². The Morgan fingerprint density at radius 2 is 2.42 bits per heavy atom. The van der Waals surface area contributed by atoms with Gasteiger partial charge in [0.15, 0.2) is 0 Å². The molecule has 1 aliphatic rings. The van der Waals surface area contributed by atoms with E-state index in [-0.39, 0.29) is 18.3 Å². The van der Waals surface area contributed by atoms with Crippen LogP contribution in [-0.4, -0.2) is 45.3 Å². The van der Waals surface area contributed by atoms with Gasteiger partial charge in [-0.05, 0) is 19.6 Å². The van der Waals surface area contributed by atoms with E-state index in [0.29, 0.717) is 18.5 Å². The van der Waals surface area contributed by atoms with E-state index < -0.39 is 17.1 Å². The van der Waals surface area contributed by atoms with E-state index in [1.807, 2.05) is 0 Å². The number of aliphatic hydroxyl groups excluding tert-OH is 1. The lowest BCUT2D eigenvalue weighted by molar-refractivity contribution is -0.386. The summed E-state index contributed by atoms with van der Waals surface area (Å²) in [6, 6.07) is -0.294. The molecule has 1 fully saturated rings. The van der Waals surface area contributed by atoms with Crippen molar-refractivity contribution in [3.63, 3.8) is 0 Å². The highest BCUT2D eigenvalue weighted by molar-refractivity contribution is 5.35. The number of nitrogens with zero attached hydrogens (tertiary/aromatic N) is 4. The van der Waals surface area contributed by atoms with Gasteiger partial charge in [-0.1, -0.05) is 0 Å². The van der Waals surface area contributed by atoms with E-state index in [2.05, 4.69) is 16.8 Å². The lowest BCUT2D eigenvalue weighted by Crippen LogP contribution is -2.26. The minimum absolute atomic E-state index is 0.0630. The number of aryl methyl sites for hydroxylation is 1. The standard InChI is InChI=1S/C11H16N4O4/c1-12-7-3-4-10(19-6-9(7)16)11-8(15(17)18)5-13-14(11)2/h5,7,9-10,16H,1,3-4,6H2,2H3/t7-,9+,10+/m1/s1. The zero-order chi connectivity index (χ0) is 14.0. The number of hydrogen-bond donors (Lipinski definition) is 1. The molecule has 0 aromatic carbocycles. The average molecular weight is 268 g/mol. The Hall–Kier alpha value is -1.80. The fraction of sp³-hybridized carbons (Fsp3) is 0.636. The first-order valence-corrected chi connectivity index (χ1v) is 5.96. The third kappa shape index (κ3) is 2.64. The topological polar surface area (TPSA) is 103 Å². The molecule has 1 aliphatic heterocycles. The highest BCUT2D eigenvalue weighted by Gasteiger charge is 2.32.